The quantitative estimate of drug-likeness (QED) is 0.845. The van der Waals surface area contributed by atoms with Crippen molar-refractivity contribution in [3.05, 3.63) is 59.2 Å². The van der Waals surface area contributed by atoms with E-state index in [4.69, 9.17) is 5.26 Å². The van der Waals surface area contributed by atoms with Gasteiger partial charge in [0.25, 0.3) is 15.9 Å². The van der Waals surface area contributed by atoms with Crippen LogP contribution in [0, 0.1) is 25.2 Å². The van der Waals surface area contributed by atoms with Gasteiger partial charge in [-0.3, -0.25) is 9.52 Å². The van der Waals surface area contributed by atoms with Crippen molar-refractivity contribution in [1.29, 1.82) is 5.26 Å². The van der Waals surface area contributed by atoms with Crippen LogP contribution in [0.15, 0.2) is 47.4 Å². The maximum Gasteiger partial charge on any atom is 0.262 e. The molecule has 0 heterocycles. The summed E-state index contributed by atoms with van der Waals surface area (Å²) in [5, 5.41) is 8.62. The molecule has 0 aliphatic carbocycles. The fraction of sp³-hybridized carbons (Fsp3) is 0.263. The number of nitrogens with zero attached hydrogens (tertiary/aromatic N) is 2. The minimum absolute atomic E-state index is 0.209. The molecule has 0 aliphatic rings. The molecule has 0 unspecified atom stereocenters. The molecule has 0 atom stereocenters. The number of carbonyl (C=O) groups excluding carboxylic acids is 1. The molecule has 0 radical (unpaired) electrons. The number of hydrogen-bond donors (Lipinski definition) is 1. The van der Waals surface area contributed by atoms with Gasteiger partial charge in [0.1, 0.15) is 0 Å². The highest BCUT2D eigenvalue weighted by Crippen LogP contribution is 2.21. The van der Waals surface area contributed by atoms with Gasteiger partial charge in [-0.15, -0.1) is 0 Å². The van der Waals surface area contributed by atoms with Crippen molar-refractivity contribution in [2.24, 2.45) is 0 Å². The average molecular weight is 371 g/mol. The van der Waals surface area contributed by atoms with Crippen LogP contribution in [0.25, 0.3) is 0 Å². The monoisotopic (exact) mass is 371 g/mol. The van der Waals surface area contributed by atoms with Crippen LogP contribution in [0.5, 0.6) is 0 Å². The number of carbonyl (C=O) groups is 1. The van der Waals surface area contributed by atoms with Gasteiger partial charge < -0.3 is 4.90 Å². The molecule has 0 bridgehead atoms. The highest BCUT2D eigenvalue weighted by molar-refractivity contribution is 7.92. The van der Waals surface area contributed by atoms with E-state index in [1.165, 1.54) is 11.0 Å². The van der Waals surface area contributed by atoms with Gasteiger partial charge in [-0.1, -0.05) is 18.2 Å². The SMILES string of the molecule is Cc1ccc(C)c(S(=O)(=O)Nc2cccc(C(=O)N(C)CCC#N)c2)c1. The van der Waals surface area contributed by atoms with Crippen molar-refractivity contribution in [1.82, 2.24) is 4.90 Å². The second-order valence-electron chi connectivity index (χ2n) is 6.09. The number of nitrogens with one attached hydrogen (secondary N) is 1. The molecule has 0 spiro atoms. The lowest BCUT2D eigenvalue weighted by atomic mass is 10.2. The van der Waals surface area contributed by atoms with E-state index in [9.17, 15) is 13.2 Å². The molecule has 1 N–H and O–H groups in total. The normalized spacial score (nSPS) is 10.8. The van der Waals surface area contributed by atoms with Gasteiger partial charge in [0.15, 0.2) is 0 Å². The second-order valence-corrected chi connectivity index (χ2v) is 7.74. The number of hydrogen-bond acceptors (Lipinski definition) is 4. The van der Waals surface area contributed by atoms with E-state index in [1.807, 2.05) is 19.1 Å². The standard InChI is InChI=1S/C19H21N3O3S/c1-14-8-9-15(2)18(12-14)26(24,25)21-17-7-4-6-16(13-17)19(23)22(3)11-5-10-20/h4,6-9,12-13,21H,5,11H2,1-3H3. The third-order valence-electron chi connectivity index (χ3n) is 3.90. The van der Waals surface area contributed by atoms with E-state index in [2.05, 4.69) is 4.72 Å². The van der Waals surface area contributed by atoms with Crippen molar-refractivity contribution in [2.45, 2.75) is 25.2 Å². The zero-order chi connectivity index (χ0) is 19.3. The van der Waals surface area contributed by atoms with Gasteiger partial charge in [0.2, 0.25) is 0 Å². The summed E-state index contributed by atoms with van der Waals surface area (Å²) < 4.78 is 27.9. The zero-order valence-corrected chi connectivity index (χ0v) is 15.8. The van der Waals surface area contributed by atoms with Crippen LogP contribution in [-0.2, 0) is 10.0 Å². The Kier molecular flexibility index (Phi) is 6.01. The lowest BCUT2D eigenvalue weighted by Crippen LogP contribution is -2.27. The number of rotatable bonds is 6. The van der Waals surface area contributed by atoms with Crippen molar-refractivity contribution in [3.8, 4) is 6.07 Å². The van der Waals surface area contributed by atoms with Gasteiger partial charge in [0, 0.05) is 24.8 Å². The van der Waals surface area contributed by atoms with Crippen LogP contribution in [0.2, 0.25) is 0 Å². The summed E-state index contributed by atoms with van der Waals surface area (Å²) in [5.41, 5.74) is 2.16. The molecular weight excluding hydrogens is 350 g/mol. The van der Waals surface area contributed by atoms with E-state index >= 15 is 0 Å². The number of sulfonamides is 1. The van der Waals surface area contributed by atoms with Crippen LogP contribution in [-0.4, -0.2) is 32.8 Å². The number of anilines is 1. The first-order chi connectivity index (χ1) is 12.2. The van der Waals surface area contributed by atoms with Gasteiger partial charge >= 0.3 is 0 Å². The lowest BCUT2D eigenvalue weighted by Gasteiger charge is -2.16. The Hall–Kier alpha value is -2.85. The Morgan fingerprint density at radius 3 is 2.62 bits per heavy atom. The van der Waals surface area contributed by atoms with Crippen molar-refractivity contribution in [3.63, 3.8) is 0 Å². The van der Waals surface area contributed by atoms with Crippen LogP contribution in [0.4, 0.5) is 5.69 Å². The summed E-state index contributed by atoms with van der Waals surface area (Å²) in [5.74, 6) is -0.270. The van der Waals surface area contributed by atoms with Gasteiger partial charge in [-0.2, -0.15) is 5.26 Å². The van der Waals surface area contributed by atoms with E-state index in [0.29, 0.717) is 23.4 Å². The maximum absolute atomic E-state index is 12.7. The van der Waals surface area contributed by atoms with E-state index in [1.54, 1.807) is 44.3 Å². The summed E-state index contributed by atoms with van der Waals surface area (Å²) in [7, 11) is -2.16. The largest absolute Gasteiger partial charge is 0.341 e. The third-order valence-corrected chi connectivity index (χ3v) is 5.42. The molecule has 136 valence electrons. The van der Waals surface area contributed by atoms with E-state index in [0.717, 1.165) is 5.56 Å². The molecule has 0 aromatic heterocycles. The fourth-order valence-electron chi connectivity index (χ4n) is 2.46. The molecule has 6 nitrogen and oxygen atoms in total. The van der Waals surface area contributed by atoms with Crippen LogP contribution in [0.3, 0.4) is 0 Å². The van der Waals surface area contributed by atoms with Crippen LogP contribution >= 0.6 is 0 Å². The molecule has 0 saturated carbocycles. The lowest BCUT2D eigenvalue weighted by molar-refractivity contribution is 0.0798. The minimum atomic E-state index is -3.76. The summed E-state index contributed by atoms with van der Waals surface area (Å²) in [6, 6.07) is 13.5. The first kappa shape index (κ1) is 19.5. The minimum Gasteiger partial charge on any atom is -0.341 e. The van der Waals surface area contributed by atoms with E-state index < -0.39 is 10.0 Å². The molecular formula is C19H21N3O3S. The second kappa shape index (κ2) is 8.02. The number of aryl methyl sites for hydroxylation is 2. The topological polar surface area (TPSA) is 90.3 Å². The Morgan fingerprint density at radius 1 is 1.19 bits per heavy atom. The number of nitriles is 1. The van der Waals surface area contributed by atoms with Crippen molar-refractivity contribution >= 4 is 21.6 Å². The summed E-state index contributed by atoms with van der Waals surface area (Å²) in [6.45, 7) is 3.88. The smallest absolute Gasteiger partial charge is 0.262 e. The summed E-state index contributed by atoms with van der Waals surface area (Å²) >= 11 is 0. The number of benzene rings is 2. The Labute approximate surface area is 154 Å². The predicted octanol–water partition coefficient (Wildman–Crippen LogP) is 3.09. The molecule has 2 aromatic carbocycles. The predicted molar refractivity (Wildman–Crippen MR) is 100 cm³/mol. The van der Waals surface area contributed by atoms with Gasteiger partial charge in [0.05, 0.1) is 17.4 Å². The maximum atomic E-state index is 12.7. The molecule has 0 aliphatic heterocycles. The zero-order valence-electron chi connectivity index (χ0n) is 15.0. The fourth-order valence-corrected chi connectivity index (χ4v) is 3.84. The van der Waals surface area contributed by atoms with Gasteiger partial charge in [-0.05, 0) is 49.2 Å². The molecule has 2 rings (SSSR count). The van der Waals surface area contributed by atoms with Crippen molar-refractivity contribution in [2.75, 3.05) is 18.3 Å². The molecule has 7 heteroatoms. The van der Waals surface area contributed by atoms with Crippen LogP contribution in [0.1, 0.15) is 27.9 Å². The van der Waals surface area contributed by atoms with Crippen LogP contribution < -0.4 is 4.72 Å². The molecule has 26 heavy (non-hydrogen) atoms. The van der Waals surface area contributed by atoms with E-state index in [-0.39, 0.29) is 17.2 Å². The highest BCUT2D eigenvalue weighted by atomic mass is 32.2. The number of amides is 1. The van der Waals surface area contributed by atoms with Gasteiger partial charge in [-0.25, -0.2) is 8.42 Å². The molecule has 0 fully saturated rings. The summed E-state index contributed by atoms with van der Waals surface area (Å²) in [6.07, 6.45) is 0.237. The summed E-state index contributed by atoms with van der Waals surface area (Å²) in [4.78, 5) is 14.0. The Morgan fingerprint density at radius 2 is 1.92 bits per heavy atom. The van der Waals surface area contributed by atoms with Crippen molar-refractivity contribution < 1.29 is 13.2 Å². The average Bonchev–Trinajstić information content (AvgIpc) is 2.60. The molecule has 1 amide bonds. The third kappa shape index (κ3) is 4.61. The Balaban J connectivity index is 2.27. The molecule has 2 aromatic rings. The highest BCUT2D eigenvalue weighted by Gasteiger charge is 2.18. The first-order valence-corrected chi connectivity index (χ1v) is 9.55. The first-order valence-electron chi connectivity index (χ1n) is 8.07. The Bertz CT molecular complexity index is 962. The molecule has 0 saturated heterocycles.